The molecule has 0 N–H and O–H groups in total. The van der Waals surface area contributed by atoms with Gasteiger partial charge in [0.05, 0.1) is 11.0 Å². The molecule has 0 spiro atoms. The number of carbonyl (C=O) groups excluding carboxylic acids is 1. The summed E-state index contributed by atoms with van der Waals surface area (Å²) in [7, 11) is 0. The van der Waals surface area contributed by atoms with Gasteiger partial charge in [-0.15, -0.1) is 0 Å². The Morgan fingerprint density at radius 1 is 0.872 bits per heavy atom. The second-order valence-electron chi connectivity index (χ2n) is 9.80. The molecule has 1 amide bonds. The highest BCUT2D eigenvalue weighted by molar-refractivity contribution is 8.00. The molecule has 5 aromatic rings. The minimum Gasteiger partial charge on any atom is -0.339 e. The van der Waals surface area contributed by atoms with Crippen molar-refractivity contribution in [1.82, 2.24) is 14.5 Å². The molecule has 1 aliphatic heterocycles. The largest absolute Gasteiger partial charge is 0.446 e. The van der Waals surface area contributed by atoms with Gasteiger partial charge in [0.15, 0.2) is 0 Å². The van der Waals surface area contributed by atoms with Crippen LogP contribution in [0.25, 0.3) is 33.2 Å². The predicted molar refractivity (Wildman–Crippen MR) is 150 cm³/mol. The monoisotopic (exact) mass is 545 g/mol. The molecule has 0 radical (unpaired) electrons. The number of benzene rings is 4. The first kappa shape index (κ1) is 25.5. The number of hydrogen-bond acceptors (Lipinski definition) is 3. The molecule has 1 aromatic heterocycles. The topological polar surface area (TPSA) is 38.1 Å². The summed E-state index contributed by atoms with van der Waals surface area (Å²) in [5, 5.41) is 2.14. The van der Waals surface area contributed by atoms with Gasteiger partial charge >= 0.3 is 5.51 Å². The van der Waals surface area contributed by atoms with Crippen LogP contribution in [0.2, 0.25) is 0 Å². The van der Waals surface area contributed by atoms with Crippen molar-refractivity contribution >= 4 is 39.5 Å². The number of nitrogens with zero attached hydrogens (tertiary/aromatic N) is 3. The van der Waals surface area contributed by atoms with Crippen LogP contribution in [0.1, 0.15) is 35.2 Å². The number of likely N-dealkylation sites (tertiary alicyclic amines) is 1. The Hall–Kier alpha value is -3.78. The van der Waals surface area contributed by atoms with Crippen molar-refractivity contribution in [1.29, 1.82) is 0 Å². The van der Waals surface area contributed by atoms with Crippen molar-refractivity contribution in [2.75, 3.05) is 13.1 Å². The molecule has 0 unspecified atom stereocenters. The summed E-state index contributed by atoms with van der Waals surface area (Å²) in [6.45, 7) is 1.97. The van der Waals surface area contributed by atoms with E-state index in [2.05, 4.69) is 22.8 Å². The number of thioether (sulfide) groups is 1. The lowest BCUT2D eigenvalue weighted by atomic mass is 10.0. The maximum Gasteiger partial charge on any atom is 0.446 e. The minimum atomic E-state index is -4.33. The van der Waals surface area contributed by atoms with E-state index in [1.165, 1.54) is 12.1 Å². The van der Waals surface area contributed by atoms with Crippen LogP contribution in [0.15, 0.2) is 89.8 Å². The molecule has 0 atom stereocenters. The maximum atomic E-state index is 13.2. The van der Waals surface area contributed by atoms with E-state index in [-0.39, 0.29) is 22.6 Å². The quantitative estimate of drug-likeness (QED) is 0.209. The number of amides is 1. The number of fused-ring (bicyclic) bond motifs is 2. The molecule has 6 rings (SSSR count). The zero-order chi connectivity index (χ0) is 27.0. The molecule has 0 saturated carbocycles. The fourth-order valence-electron chi connectivity index (χ4n) is 5.31. The van der Waals surface area contributed by atoms with Gasteiger partial charge in [-0.1, -0.05) is 54.6 Å². The molecule has 1 aliphatic rings. The first-order valence-corrected chi connectivity index (χ1v) is 13.8. The Bertz CT molecular complexity index is 1650. The fourth-order valence-corrected chi connectivity index (χ4v) is 5.85. The van der Waals surface area contributed by atoms with Crippen LogP contribution in [0.4, 0.5) is 13.2 Å². The van der Waals surface area contributed by atoms with Gasteiger partial charge in [0.25, 0.3) is 5.91 Å². The van der Waals surface area contributed by atoms with Crippen LogP contribution in [0, 0.1) is 0 Å². The second-order valence-corrected chi connectivity index (χ2v) is 10.9. The minimum absolute atomic E-state index is 0.0237. The molecular weight excluding hydrogens is 519 g/mol. The number of rotatable bonds is 5. The van der Waals surface area contributed by atoms with Gasteiger partial charge in [-0.05, 0) is 77.7 Å². The Kier molecular flexibility index (Phi) is 6.81. The van der Waals surface area contributed by atoms with Crippen molar-refractivity contribution in [2.24, 2.45) is 0 Å². The van der Waals surface area contributed by atoms with Gasteiger partial charge in [0.1, 0.15) is 5.82 Å². The third-order valence-corrected chi connectivity index (χ3v) is 7.91. The lowest BCUT2D eigenvalue weighted by molar-refractivity contribution is -0.0328. The first-order valence-electron chi connectivity index (χ1n) is 13.0. The average molecular weight is 546 g/mol. The van der Waals surface area contributed by atoms with Crippen molar-refractivity contribution < 1.29 is 18.0 Å². The third kappa shape index (κ3) is 5.39. The summed E-state index contributed by atoms with van der Waals surface area (Å²) in [5.74, 6) is 0.772. The van der Waals surface area contributed by atoms with Crippen molar-refractivity contribution in [3.63, 3.8) is 0 Å². The summed E-state index contributed by atoms with van der Waals surface area (Å²) in [5.41, 5.74) is -0.320. The number of carbonyl (C=O) groups is 1. The van der Waals surface area contributed by atoms with Gasteiger partial charge < -0.3 is 9.47 Å². The zero-order valence-corrected chi connectivity index (χ0v) is 21.9. The molecular formula is C31H26F3N3OS. The van der Waals surface area contributed by atoms with E-state index in [1.807, 2.05) is 47.4 Å². The summed E-state index contributed by atoms with van der Waals surface area (Å²) >= 11 is -0.118. The Balaban J connectivity index is 1.44. The van der Waals surface area contributed by atoms with E-state index < -0.39 is 5.51 Å². The number of piperidine rings is 1. The van der Waals surface area contributed by atoms with Crippen LogP contribution in [-0.2, 0) is 6.54 Å². The van der Waals surface area contributed by atoms with E-state index >= 15 is 0 Å². The molecule has 2 heterocycles. The first-order chi connectivity index (χ1) is 18.9. The van der Waals surface area contributed by atoms with Gasteiger partial charge in [-0.2, -0.15) is 13.2 Å². The lowest BCUT2D eigenvalue weighted by Gasteiger charge is -2.26. The van der Waals surface area contributed by atoms with Crippen LogP contribution < -0.4 is 0 Å². The van der Waals surface area contributed by atoms with Crippen LogP contribution in [0.3, 0.4) is 0 Å². The number of halogens is 3. The lowest BCUT2D eigenvalue weighted by Crippen LogP contribution is -2.35. The van der Waals surface area contributed by atoms with Crippen LogP contribution in [-0.4, -0.2) is 39.0 Å². The van der Waals surface area contributed by atoms with Crippen LogP contribution >= 0.6 is 11.8 Å². The van der Waals surface area contributed by atoms with Crippen molar-refractivity contribution in [2.45, 2.75) is 36.2 Å². The second kappa shape index (κ2) is 10.4. The van der Waals surface area contributed by atoms with Crippen molar-refractivity contribution in [3.8, 4) is 11.4 Å². The highest BCUT2D eigenvalue weighted by Gasteiger charge is 2.29. The summed E-state index contributed by atoms with van der Waals surface area (Å²) in [6, 6.07) is 26.3. The molecule has 8 heteroatoms. The maximum absolute atomic E-state index is 13.2. The predicted octanol–water partition coefficient (Wildman–Crippen LogP) is 8.14. The molecule has 4 aromatic carbocycles. The van der Waals surface area contributed by atoms with Crippen molar-refractivity contribution in [3.05, 3.63) is 96.1 Å². The standard InChI is InChI=1S/C31H26F3N3OS/c32-31(33,34)39-24-14-11-21(12-15-24)20-37-28-16-13-23(30(38)36-17-4-1-5-18-36)19-27(28)35-29(37)26-10-6-8-22-7-2-3-9-25(22)26/h2-3,6-16,19H,1,4-5,17-18,20H2. The zero-order valence-electron chi connectivity index (χ0n) is 21.1. The Labute approximate surface area is 228 Å². The molecule has 0 bridgehead atoms. The smallest absolute Gasteiger partial charge is 0.339 e. The molecule has 1 fully saturated rings. The molecule has 198 valence electrons. The summed E-state index contributed by atoms with van der Waals surface area (Å²) in [4.78, 5) is 20.3. The highest BCUT2D eigenvalue weighted by Crippen LogP contribution is 2.37. The number of aromatic nitrogens is 2. The highest BCUT2D eigenvalue weighted by atomic mass is 32.2. The number of hydrogen-bond donors (Lipinski definition) is 0. The van der Waals surface area contributed by atoms with Gasteiger partial charge in [0.2, 0.25) is 0 Å². The van der Waals surface area contributed by atoms with E-state index in [1.54, 1.807) is 12.1 Å². The van der Waals surface area contributed by atoms with E-state index in [0.29, 0.717) is 17.6 Å². The van der Waals surface area contributed by atoms with Gasteiger partial charge in [-0.3, -0.25) is 4.79 Å². The number of imidazole rings is 1. The number of alkyl halides is 3. The SMILES string of the molecule is O=C(c1ccc2c(c1)nc(-c1cccc3ccccc13)n2Cc1ccc(SC(F)(F)F)cc1)N1CCCCC1. The molecule has 39 heavy (non-hydrogen) atoms. The summed E-state index contributed by atoms with van der Waals surface area (Å²) in [6.07, 6.45) is 3.19. The molecule has 1 saturated heterocycles. The van der Waals surface area contributed by atoms with Gasteiger partial charge in [0, 0.05) is 35.7 Å². The third-order valence-electron chi connectivity index (χ3n) is 7.17. The molecule has 4 nitrogen and oxygen atoms in total. The fraction of sp³-hybridized carbons (Fsp3) is 0.226. The van der Waals surface area contributed by atoms with Gasteiger partial charge in [-0.25, -0.2) is 4.98 Å². The normalized spacial score (nSPS) is 14.3. The van der Waals surface area contributed by atoms with Crippen LogP contribution in [0.5, 0.6) is 0 Å². The van der Waals surface area contributed by atoms with E-state index in [9.17, 15) is 18.0 Å². The van der Waals surface area contributed by atoms with E-state index in [0.717, 1.165) is 65.6 Å². The Morgan fingerprint density at radius 3 is 2.38 bits per heavy atom. The average Bonchev–Trinajstić information content (AvgIpc) is 3.30. The molecule has 0 aliphatic carbocycles. The summed E-state index contributed by atoms with van der Waals surface area (Å²) < 4.78 is 40.5. The van der Waals surface area contributed by atoms with E-state index in [4.69, 9.17) is 4.98 Å². The Morgan fingerprint density at radius 2 is 1.62 bits per heavy atom.